The summed E-state index contributed by atoms with van der Waals surface area (Å²) in [6.07, 6.45) is 3.62. The van der Waals surface area contributed by atoms with Gasteiger partial charge in [0.1, 0.15) is 0 Å². The van der Waals surface area contributed by atoms with E-state index in [0.29, 0.717) is 18.5 Å². The highest BCUT2D eigenvalue weighted by molar-refractivity contribution is 5.78. The average Bonchev–Trinajstić information content (AvgIpc) is 2.10. The Balaban J connectivity index is 2.33. The van der Waals surface area contributed by atoms with Crippen molar-refractivity contribution in [2.45, 2.75) is 39.2 Å². The largest absolute Gasteiger partial charge is 0.352 e. The van der Waals surface area contributed by atoms with Gasteiger partial charge in [-0.15, -0.1) is 0 Å². The highest BCUT2D eigenvalue weighted by atomic mass is 16.1. The molecule has 0 saturated heterocycles. The van der Waals surface area contributed by atoms with Crippen LogP contribution in [0.15, 0.2) is 0 Å². The van der Waals surface area contributed by atoms with Crippen molar-refractivity contribution in [1.29, 1.82) is 0 Å². The third-order valence-electron chi connectivity index (χ3n) is 3.12. The lowest BCUT2D eigenvalue weighted by molar-refractivity contribution is -0.121. The molecule has 1 rings (SSSR count). The second-order valence-electron chi connectivity index (χ2n) is 4.60. The van der Waals surface area contributed by atoms with Crippen LogP contribution in [0.25, 0.3) is 0 Å². The zero-order chi connectivity index (χ0) is 10.6. The van der Waals surface area contributed by atoms with Crippen LogP contribution in [-0.4, -0.2) is 25.5 Å². The molecule has 82 valence electrons. The Kier molecular flexibility index (Phi) is 4.39. The summed E-state index contributed by atoms with van der Waals surface area (Å²) in [7, 11) is 1.80. The lowest BCUT2D eigenvalue weighted by atomic mass is 9.80. The van der Waals surface area contributed by atoms with E-state index in [1.54, 1.807) is 7.05 Å². The van der Waals surface area contributed by atoms with Gasteiger partial charge in [0.25, 0.3) is 0 Å². The number of hydrogen-bond donors (Lipinski definition) is 2. The molecule has 0 spiro atoms. The van der Waals surface area contributed by atoms with E-state index in [2.05, 4.69) is 24.5 Å². The topological polar surface area (TPSA) is 41.1 Å². The fraction of sp³-hybridized carbons (Fsp3) is 0.909. The lowest BCUT2D eigenvalue weighted by Gasteiger charge is -2.33. The second kappa shape index (κ2) is 5.35. The summed E-state index contributed by atoms with van der Waals surface area (Å²) in [4.78, 5) is 11.4. The Bertz CT molecular complexity index is 194. The molecule has 0 aromatic rings. The monoisotopic (exact) mass is 198 g/mol. The Labute approximate surface area is 86.6 Å². The minimum Gasteiger partial charge on any atom is -0.352 e. The zero-order valence-electron chi connectivity index (χ0n) is 9.47. The summed E-state index contributed by atoms with van der Waals surface area (Å²) in [5.41, 5.74) is 0. The molecule has 0 bridgehead atoms. The van der Waals surface area contributed by atoms with E-state index in [1.807, 2.05) is 0 Å². The van der Waals surface area contributed by atoms with Crippen molar-refractivity contribution in [3.8, 4) is 0 Å². The second-order valence-corrected chi connectivity index (χ2v) is 4.60. The Morgan fingerprint density at radius 3 is 2.64 bits per heavy atom. The number of rotatable bonds is 3. The first-order valence-corrected chi connectivity index (χ1v) is 5.57. The van der Waals surface area contributed by atoms with E-state index in [0.717, 1.165) is 12.3 Å². The molecule has 0 radical (unpaired) electrons. The van der Waals surface area contributed by atoms with Crippen LogP contribution in [0.3, 0.4) is 0 Å². The van der Waals surface area contributed by atoms with Gasteiger partial charge in [-0.1, -0.05) is 13.8 Å². The quantitative estimate of drug-likeness (QED) is 0.714. The predicted octanol–water partition coefficient (Wildman–Crippen LogP) is 1.15. The summed E-state index contributed by atoms with van der Waals surface area (Å²) in [6.45, 7) is 4.96. The normalized spacial score (nSPS) is 32.6. The first kappa shape index (κ1) is 11.5. The number of carbonyl (C=O) groups excluding carboxylic acids is 1. The van der Waals surface area contributed by atoms with E-state index in [4.69, 9.17) is 0 Å². The smallest absolute Gasteiger partial charge is 0.234 e. The van der Waals surface area contributed by atoms with Crippen molar-refractivity contribution in [3.63, 3.8) is 0 Å². The third kappa shape index (κ3) is 3.29. The van der Waals surface area contributed by atoms with Crippen LogP contribution in [-0.2, 0) is 4.79 Å². The van der Waals surface area contributed by atoms with Gasteiger partial charge in [-0.3, -0.25) is 4.79 Å². The molecule has 0 aromatic heterocycles. The number of amides is 1. The Hall–Kier alpha value is -0.570. The highest BCUT2D eigenvalue weighted by Gasteiger charge is 2.25. The van der Waals surface area contributed by atoms with Crippen LogP contribution in [0, 0.1) is 11.8 Å². The van der Waals surface area contributed by atoms with Gasteiger partial charge in [0.05, 0.1) is 6.54 Å². The Morgan fingerprint density at radius 2 is 2.07 bits per heavy atom. The fourth-order valence-electron chi connectivity index (χ4n) is 2.30. The van der Waals surface area contributed by atoms with Crippen molar-refractivity contribution in [2.24, 2.45) is 11.8 Å². The zero-order valence-corrected chi connectivity index (χ0v) is 9.47. The number of hydrogen-bond acceptors (Lipinski definition) is 2. The van der Waals surface area contributed by atoms with Gasteiger partial charge in [0.15, 0.2) is 0 Å². The van der Waals surface area contributed by atoms with Crippen LogP contribution in [0.5, 0.6) is 0 Å². The fourth-order valence-corrected chi connectivity index (χ4v) is 2.30. The Morgan fingerprint density at radius 1 is 1.36 bits per heavy atom. The number of nitrogens with one attached hydrogen (secondary N) is 2. The van der Waals surface area contributed by atoms with Gasteiger partial charge in [-0.25, -0.2) is 0 Å². The summed E-state index contributed by atoms with van der Waals surface area (Å²) in [6, 6.07) is 0.395. The highest BCUT2D eigenvalue weighted by Crippen LogP contribution is 2.28. The van der Waals surface area contributed by atoms with Crippen molar-refractivity contribution < 1.29 is 4.79 Å². The maximum atomic E-state index is 11.4. The van der Waals surface area contributed by atoms with Gasteiger partial charge < -0.3 is 10.6 Å². The molecule has 1 amide bonds. The van der Waals surface area contributed by atoms with Crippen LogP contribution >= 0.6 is 0 Å². The minimum atomic E-state index is 0.124. The molecule has 3 nitrogen and oxygen atoms in total. The van der Waals surface area contributed by atoms with Crippen LogP contribution in [0.1, 0.15) is 33.1 Å². The van der Waals surface area contributed by atoms with Crippen molar-refractivity contribution >= 4 is 5.91 Å². The molecule has 0 aliphatic heterocycles. The lowest BCUT2D eigenvalue weighted by Crippen LogP contribution is -2.45. The van der Waals surface area contributed by atoms with Gasteiger partial charge in [0.2, 0.25) is 5.91 Å². The average molecular weight is 198 g/mol. The predicted molar refractivity (Wildman–Crippen MR) is 58.0 cm³/mol. The summed E-state index contributed by atoms with van der Waals surface area (Å²) >= 11 is 0. The molecule has 1 saturated carbocycles. The van der Waals surface area contributed by atoms with Crippen LogP contribution in [0.4, 0.5) is 0 Å². The van der Waals surface area contributed by atoms with E-state index < -0.39 is 0 Å². The summed E-state index contributed by atoms with van der Waals surface area (Å²) in [5.74, 6) is 1.57. The van der Waals surface area contributed by atoms with E-state index in [1.165, 1.54) is 12.8 Å². The number of likely N-dealkylation sites (N-methyl/N-ethyl adjacent to an activating group) is 1. The molecule has 0 aromatic carbocycles. The number of carbonyl (C=O) groups is 1. The van der Waals surface area contributed by atoms with Gasteiger partial charge in [-0.05, 0) is 38.1 Å². The van der Waals surface area contributed by atoms with E-state index in [-0.39, 0.29) is 5.91 Å². The molecule has 1 aliphatic carbocycles. The van der Waals surface area contributed by atoms with Gasteiger partial charge in [-0.2, -0.15) is 0 Å². The van der Waals surface area contributed by atoms with Crippen molar-refractivity contribution in [1.82, 2.24) is 10.6 Å². The van der Waals surface area contributed by atoms with Crippen LogP contribution in [0.2, 0.25) is 0 Å². The SMILES string of the molecule is CNCC(=O)NC1CCC(C)CC1C. The molecular weight excluding hydrogens is 176 g/mol. The molecule has 3 unspecified atom stereocenters. The molecule has 1 aliphatic rings. The van der Waals surface area contributed by atoms with E-state index in [9.17, 15) is 4.79 Å². The van der Waals surface area contributed by atoms with Crippen LogP contribution < -0.4 is 10.6 Å². The summed E-state index contributed by atoms with van der Waals surface area (Å²) in [5, 5.41) is 5.96. The molecule has 3 atom stereocenters. The first-order chi connectivity index (χ1) is 6.63. The molecule has 14 heavy (non-hydrogen) atoms. The third-order valence-corrected chi connectivity index (χ3v) is 3.12. The van der Waals surface area contributed by atoms with E-state index >= 15 is 0 Å². The van der Waals surface area contributed by atoms with Gasteiger partial charge in [0, 0.05) is 6.04 Å². The van der Waals surface area contributed by atoms with Crippen molar-refractivity contribution in [3.05, 3.63) is 0 Å². The maximum absolute atomic E-state index is 11.4. The summed E-state index contributed by atoms with van der Waals surface area (Å²) < 4.78 is 0. The molecule has 3 heteroatoms. The first-order valence-electron chi connectivity index (χ1n) is 5.57. The minimum absolute atomic E-state index is 0.124. The molecule has 2 N–H and O–H groups in total. The van der Waals surface area contributed by atoms with Crippen molar-refractivity contribution in [2.75, 3.05) is 13.6 Å². The molecule has 0 heterocycles. The van der Waals surface area contributed by atoms with Gasteiger partial charge >= 0.3 is 0 Å². The molecule has 1 fully saturated rings. The standard InChI is InChI=1S/C11H22N2O/c1-8-4-5-10(9(2)6-8)13-11(14)7-12-3/h8-10,12H,4-7H2,1-3H3,(H,13,14). The maximum Gasteiger partial charge on any atom is 0.234 e. The molecular formula is C11H22N2O.